The third-order valence-corrected chi connectivity index (χ3v) is 5.09. The molecule has 1 aliphatic heterocycles. The van der Waals surface area contributed by atoms with Gasteiger partial charge in [-0.05, 0) is 19.8 Å². The van der Waals surface area contributed by atoms with Crippen molar-refractivity contribution in [1.82, 2.24) is 20.3 Å². The molecule has 0 bridgehead atoms. The highest BCUT2D eigenvalue weighted by molar-refractivity contribution is 5.80. The van der Waals surface area contributed by atoms with Gasteiger partial charge in [0, 0.05) is 58.3 Å². The topological polar surface area (TPSA) is 77.1 Å². The zero-order valence-electron chi connectivity index (χ0n) is 14.7. The normalized spacial score (nSPS) is 26.1. The first-order valence-corrected chi connectivity index (χ1v) is 8.94. The summed E-state index contributed by atoms with van der Waals surface area (Å²) in [6.45, 7) is 7.44. The van der Waals surface area contributed by atoms with E-state index in [4.69, 9.17) is 4.52 Å². The summed E-state index contributed by atoms with van der Waals surface area (Å²) in [6.07, 6.45) is 3.02. The Balaban J connectivity index is 1.44. The van der Waals surface area contributed by atoms with Gasteiger partial charge in [0.15, 0.2) is 5.96 Å². The molecular weight excluding hydrogens is 306 g/mol. The average molecular weight is 335 g/mol. The largest absolute Gasteiger partial charge is 0.393 e. The lowest BCUT2D eigenvalue weighted by Crippen LogP contribution is -2.53. The van der Waals surface area contributed by atoms with Gasteiger partial charge in [-0.1, -0.05) is 11.6 Å². The molecule has 3 rings (SSSR count). The van der Waals surface area contributed by atoms with Crippen molar-refractivity contribution in [1.29, 1.82) is 0 Å². The van der Waals surface area contributed by atoms with E-state index in [9.17, 15) is 5.11 Å². The van der Waals surface area contributed by atoms with E-state index in [1.165, 1.54) is 0 Å². The van der Waals surface area contributed by atoms with Crippen LogP contribution in [0.15, 0.2) is 15.6 Å². The molecule has 7 heteroatoms. The molecule has 1 saturated heterocycles. The van der Waals surface area contributed by atoms with Crippen molar-refractivity contribution >= 4 is 5.96 Å². The zero-order chi connectivity index (χ0) is 16.9. The standard InChI is InChI=1S/C17H29N5O2/c1-13-10-15(20-24-13)12-21-6-8-22(9-7-21)17(18-2)19-11-14-4-3-5-16(14)23/h10,14,16,23H,3-9,11-12H2,1-2H3,(H,18,19). The highest BCUT2D eigenvalue weighted by Crippen LogP contribution is 2.24. The second-order valence-electron chi connectivity index (χ2n) is 6.88. The van der Waals surface area contributed by atoms with E-state index in [-0.39, 0.29) is 6.10 Å². The highest BCUT2D eigenvalue weighted by atomic mass is 16.5. The van der Waals surface area contributed by atoms with Crippen LogP contribution in [0, 0.1) is 12.8 Å². The van der Waals surface area contributed by atoms with Crippen molar-refractivity contribution in [3.05, 3.63) is 17.5 Å². The molecule has 0 radical (unpaired) electrons. The first-order chi connectivity index (χ1) is 11.7. The Hall–Kier alpha value is -1.60. The van der Waals surface area contributed by atoms with Gasteiger partial charge >= 0.3 is 0 Å². The molecule has 1 aliphatic carbocycles. The predicted molar refractivity (Wildman–Crippen MR) is 92.8 cm³/mol. The number of rotatable bonds is 4. The second kappa shape index (κ2) is 7.98. The lowest BCUT2D eigenvalue weighted by molar-refractivity contribution is 0.132. The van der Waals surface area contributed by atoms with Gasteiger partial charge < -0.3 is 19.8 Å². The van der Waals surface area contributed by atoms with E-state index < -0.39 is 0 Å². The number of piperazine rings is 1. The maximum Gasteiger partial charge on any atom is 0.193 e. The molecular formula is C17H29N5O2. The fourth-order valence-electron chi connectivity index (χ4n) is 3.65. The minimum atomic E-state index is -0.154. The summed E-state index contributed by atoms with van der Waals surface area (Å²) >= 11 is 0. The summed E-state index contributed by atoms with van der Waals surface area (Å²) in [5.74, 6) is 2.17. The Bertz CT molecular complexity index is 551. The van der Waals surface area contributed by atoms with E-state index in [0.717, 1.165) is 75.9 Å². The zero-order valence-corrected chi connectivity index (χ0v) is 14.7. The SMILES string of the molecule is CN=C(NCC1CCCC1O)N1CCN(Cc2cc(C)on2)CC1. The van der Waals surface area contributed by atoms with Crippen LogP contribution in [0.5, 0.6) is 0 Å². The average Bonchev–Trinajstić information content (AvgIpc) is 3.18. The fraction of sp³-hybridized carbons (Fsp3) is 0.765. The third kappa shape index (κ3) is 4.27. The molecule has 2 N–H and O–H groups in total. The molecule has 2 heterocycles. The van der Waals surface area contributed by atoms with Gasteiger partial charge in [-0.15, -0.1) is 0 Å². The van der Waals surface area contributed by atoms with Gasteiger partial charge in [-0.25, -0.2) is 0 Å². The molecule has 134 valence electrons. The van der Waals surface area contributed by atoms with Gasteiger partial charge in [0.1, 0.15) is 5.76 Å². The van der Waals surface area contributed by atoms with Crippen molar-refractivity contribution in [2.45, 2.75) is 38.8 Å². The van der Waals surface area contributed by atoms with Crippen LogP contribution in [0.25, 0.3) is 0 Å². The summed E-state index contributed by atoms with van der Waals surface area (Å²) in [7, 11) is 1.83. The lowest BCUT2D eigenvalue weighted by Gasteiger charge is -2.36. The molecule has 7 nitrogen and oxygen atoms in total. The summed E-state index contributed by atoms with van der Waals surface area (Å²) in [6, 6.07) is 2.00. The number of aromatic nitrogens is 1. The third-order valence-electron chi connectivity index (χ3n) is 5.09. The maximum absolute atomic E-state index is 9.95. The summed E-state index contributed by atoms with van der Waals surface area (Å²) < 4.78 is 5.14. The molecule has 2 unspecified atom stereocenters. The van der Waals surface area contributed by atoms with Crippen LogP contribution in [0.1, 0.15) is 30.7 Å². The van der Waals surface area contributed by atoms with Crippen LogP contribution in [-0.4, -0.2) is 71.9 Å². The molecule has 2 atom stereocenters. The van der Waals surface area contributed by atoms with Crippen LogP contribution in [0.2, 0.25) is 0 Å². The van der Waals surface area contributed by atoms with Crippen LogP contribution >= 0.6 is 0 Å². The van der Waals surface area contributed by atoms with Gasteiger partial charge in [0.25, 0.3) is 0 Å². The summed E-state index contributed by atoms with van der Waals surface area (Å²) in [5.41, 5.74) is 0.999. The Morgan fingerprint density at radius 2 is 2.17 bits per heavy atom. The number of nitrogens with zero attached hydrogens (tertiary/aromatic N) is 4. The predicted octanol–water partition coefficient (Wildman–Crippen LogP) is 0.837. The Kier molecular flexibility index (Phi) is 5.73. The number of aliphatic imine (C=N–C) groups is 1. The number of aliphatic hydroxyl groups excluding tert-OH is 1. The smallest absolute Gasteiger partial charge is 0.193 e. The van der Waals surface area contributed by atoms with E-state index in [2.05, 4.69) is 25.3 Å². The molecule has 2 fully saturated rings. The molecule has 1 aromatic rings. The van der Waals surface area contributed by atoms with Crippen molar-refractivity contribution in [3.8, 4) is 0 Å². The van der Waals surface area contributed by atoms with Crippen LogP contribution < -0.4 is 5.32 Å². The quantitative estimate of drug-likeness (QED) is 0.627. The molecule has 1 saturated carbocycles. The van der Waals surface area contributed by atoms with Crippen molar-refractivity contribution in [2.24, 2.45) is 10.9 Å². The molecule has 0 amide bonds. The Morgan fingerprint density at radius 1 is 1.38 bits per heavy atom. The molecule has 24 heavy (non-hydrogen) atoms. The molecule has 2 aliphatic rings. The minimum Gasteiger partial charge on any atom is -0.393 e. The van der Waals surface area contributed by atoms with Crippen molar-refractivity contribution in [3.63, 3.8) is 0 Å². The Morgan fingerprint density at radius 3 is 2.75 bits per heavy atom. The summed E-state index contributed by atoms with van der Waals surface area (Å²) in [5, 5.41) is 17.5. The first-order valence-electron chi connectivity index (χ1n) is 8.94. The van der Waals surface area contributed by atoms with Crippen LogP contribution in [0.4, 0.5) is 0 Å². The van der Waals surface area contributed by atoms with Crippen LogP contribution in [0.3, 0.4) is 0 Å². The van der Waals surface area contributed by atoms with Crippen LogP contribution in [-0.2, 0) is 6.54 Å². The number of aryl methyl sites for hydroxylation is 1. The minimum absolute atomic E-state index is 0.154. The van der Waals surface area contributed by atoms with E-state index in [1.807, 2.05) is 20.0 Å². The lowest BCUT2D eigenvalue weighted by atomic mass is 10.1. The highest BCUT2D eigenvalue weighted by Gasteiger charge is 2.26. The summed E-state index contributed by atoms with van der Waals surface area (Å²) in [4.78, 5) is 9.10. The number of aliphatic hydroxyl groups is 1. The first kappa shape index (κ1) is 17.2. The number of hydrogen-bond donors (Lipinski definition) is 2. The van der Waals surface area contributed by atoms with E-state index >= 15 is 0 Å². The van der Waals surface area contributed by atoms with Gasteiger partial charge in [-0.2, -0.15) is 0 Å². The second-order valence-corrected chi connectivity index (χ2v) is 6.88. The van der Waals surface area contributed by atoms with Crippen molar-refractivity contribution < 1.29 is 9.63 Å². The molecule has 0 aromatic carbocycles. The molecule has 0 spiro atoms. The van der Waals surface area contributed by atoms with Crippen molar-refractivity contribution in [2.75, 3.05) is 39.8 Å². The number of guanidine groups is 1. The fourth-order valence-corrected chi connectivity index (χ4v) is 3.65. The Labute approximate surface area is 143 Å². The number of nitrogens with one attached hydrogen (secondary N) is 1. The van der Waals surface area contributed by atoms with Gasteiger partial charge in [-0.3, -0.25) is 9.89 Å². The monoisotopic (exact) mass is 335 g/mol. The number of hydrogen-bond acceptors (Lipinski definition) is 5. The van der Waals surface area contributed by atoms with E-state index in [1.54, 1.807) is 0 Å². The van der Waals surface area contributed by atoms with Gasteiger partial charge in [0.05, 0.1) is 11.8 Å². The molecule has 1 aromatic heterocycles. The van der Waals surface area contributed by atoms with Gasteiger partial charge in [0.2, 0.25) is 0 Å². The maximum atomic E-state index is 9.95. The van der Waals surface area contributed by atoms with E-state index in [0.29, 0.717) is 5.92 Å².